The van der Waals surface area contributed by atoms with Crippen LogP contribution >= 0.6 is 0 Å². The van der Waals surface area contributed by atoms with Gasteiger partial charge < -0.3 is 4.55 Å². The number of benzene rings is 1. The number of unbranched alkanes of at least 4 members (excludes halogenated alkanes) is 22. The molecule has 0 fully saturated rings. The van der Waals surface area contributed by atoms with Crippen LogP contribution in [-0.4, -0.2) is 13.0 Å². The maximum absolute atomic E-state index is 11.3. The van der Waals surface area contributed by atoms with Crippen molar-refractivity contribution in [1.82, 2.24) is 0 Å². The van der Waals surface area contributed by atoms with E-state index in [0.717, 1.165) is 12.8 Å². The molecule has 0 radical (unpaired) electrons. The SMILES string of the molecule is CCCCCCCCCCCCCCCCCCCCCCCCCc1ccccc1S(=O)(=O)[O-].[Na+]. The van der Waals surface area contributed by atoms with Gasteiger partial charge in [0, 0.05) is 0 Å². The molecule has 0 aliphatic carbocycles. The average Bonchev–Trinajstić information content (AvgIpc) is 2.84. The first-order valence-electron chi connectivity index (χ1n) is 15.1. The molecule has 3 nitrogen and oxygen atoms in total. The van der Waals surface area contributed by atoms with Crippen molar-refractivity contribution >= 4 is 10.1 Å². The van der Waals surface area contributed by atoms with Crippen LogP contribution in [0.3, 0.4) is 0 Å². The summed E-state index contributed by atoms with van der Waals surface area (Å²) in [7, 11) is -4.36. The molecule has 0 aliphatic heterocycles. The molecule has 1 aromatic carbocycles. The van der Waals surface area contributed by atoms with Gasteiger partial charge in [-0.25, -0.2) is 8.42 Å². The summed E-state index contributed by atoms with van der Waals surface area (Å²) in [6, 6.07) is 6.62. The van der Waals surface area contributed by atoms with Crippen LogP contribution in [0, 0.1) is 0 Å². The molecule has 0 aliphatic rings. The summed E-state index contributed by atoms with van der Waals surface area (Å²) in [6.07, 6.45) is 32.1. The van der Waals surface area contributed by atoms with Crippen molar-refractivity contribution in [1.29, 1.82) is 0 Å². The first kappa shape index (κ1) is 36.1. The van der Waals surface area contributed by atoms with E-state index in [1.54, 1.807) is 12.1 Å². The minimum atomic E-state index is -4.36. The van der Waals surface area contributed by atoms with Gasteiger partial charge in [0.1, 0.15) is 10.1 Å². The van der Waals surface area contributed by atoms with Crippen molar-refractivity contribution in [2.24, 2.45) is 0 Å². The molecule has 0 unspecified atom stereocenters. The van der Waals surface area contributed by atoms with Gasteiger partial charge >= 0.3 is 29.6 Å². The molecule has 204 valence electrons. The maximum Gasteiger partial charge on any atom is 1.00 e. The van der Waals surface area contributed by atoms with Crippen molar-refractivity contribution in [3.05, 3.63) is 29.8 Å². The predicted octanol–water partition coefficient (Wildman–Crippen LogP) is 7.13. The summed E-state index contributed by atoms with van der Waals surface area (Å²) in [6.45, 7) is 2.29. The zero-order chi connectivity index (χ0) is 25.5. The van der Waals surface area contributed by atoms with Crippen molar-refractivity contribution in [2.45, 2.75) is 166 Å². The second kappa shape index (κ2) is 25.4. The van der Waals surface area contributed by atoms with Crippen LogP contribution in [0.2, 0.25) is 0 Å². The number of rotatable bonds is 25. The second-order valence-electron chi connectivity index (χ2n) is 10.6. The predicted molar refractivity (Wildman–Crippen MR) is 150 cm³/mol. The van der Waals surface area contributed by atoms with Crippen LogP contribution < -0.4 is 29.6 Å². The molecular weight excluding hydrogens is 475 g/mol. The molecule has 0 atom stereocenters. The molecule has 0 aromatic heterocycles. The minimum Gasteiger partial charge on any atom is -0.744 e. The van der Waals surface area contributed by atoms with E-state index in [1.165, 1.54) is 141 Å². The Bertz CT molecular complexity index is 706. The zero-order valence-electron chi connectivity index (χ0n) is 23.9. The minimum absolute atomic E-state index is 0. The van der Waals surface area contributed by atoms with Gasteiger partial charge in [0.05, 0.1) is 4.90 Å². The van der Waals surface area contributed by atoms with Crippen molar-refractivity contribution in [3.8, 4) is 0 Å². The fraction of sp³-hybridized carbons (Fsp3) is 0.806. The molecule has 1 rings (SSSR count). The van der Waals surface area contributed by atoms with Gasteiger partial charge in [-0.05, 0) is 24.5 Å². The molecule has 5 heteroatoms. The number of hydrogen-bond acceptors (Lipinski definition) is 3. The van der Waals surface area contributed by atoms with E-state index in [4.69, 9.17) is 0 Å². The Labute approximate surface area is 247 Å². The Morgan fingerprint density at radius 3 is 1.17 bits per heavy atom. The monoisotopic (exact) mass is 530 g/mol. The van der Waals surface area contributed by atoms with E-state index >= 15 is 0 Å². The summed E-state index contributed by atoms with van der Waals surface area (Å²) >= 11 is 0. The molecule has 0 spiro atoms. The molecule has 1 aromatic rings. The molecule has 36 heavy (non-hydrogen) atoms. The molecule has 0 saturated heterocycles. The summed E-state index contributed by atoms with van der Waals surface area (Å²) in [5.74, 6) is 0. The van der Waals surface area contributed by atoms with Crippen molar-refractivity contribution in [3.63, 3.8) is 0 Å². The van der Waals surface area contributed by atoms with E-state index in [1.807, 2.05) is 6.07 Å². The van der Waals surface area contributed by atoms with Gasteiger partial charge in [-0.2, -0.15) is 0 Å². The Kier molecular flexibility index (Phi) is 25.5. The van der Waals surface area contributed by atoms with E-state index in [-0.39, 0.29) is 34.5 Å². The van der Waals surface area contributed by atoms with Gasteiger partial charge in [0.15, 0.2) is 0 Å². The van der Waals surface area contributed by atoms with Gasteiger partial charge in [0.2, 0.25) is 0 Å². The summed E-state index contributed by atoms with van der Waals surface area (Å²) < 4.78 is 34.0. The van der Waals surface area contributed by atoms with Gasteiger partial charge in [-0.15, -0.1) is 0 Å². The van der Waals surface area contributed by atoms with E-state index < -0.39 is 10.1 Å². The topological polar surface area (TPSA) is 57.2 Å². The third-order valence-corrected chi connectivity index (χ3v) is 8.23. The van der Waals surface area contributed by atoms with Crippen LogP contribution in [0.25, 0.3) is 0 Å². The first-order chi connectivity index (χ1) is 17.1. The normalized spacial score (nSPS) is 11.5. The standard InChI is InChI=1S/C31H56O3S.Na/c1-2-3-4-5-6-7-8-9-10-11-12-13-14-15-16-17-18-19-20-21-22-23-24-27-30-28-25-26-29-31(30)35(32,33)34;/h25-26,28-29H,2-24,27H2,1H3,(H,32,33,34);/q;+1/p-1. The average molecular weight is 531 g/mol. The molecule has 0 bridgehead atoms. The summed E-state index contributed by atoms with van der Waals surface area (Å²) in [5, 5.41) is 0. The Morgan fingerprint density at radius 1 is 0.528 bits per heavy atom. The Hall–Kier alpha value is 0.130. The molecular formula is C31H55NaO3S. The molecule has 0 heterocycles. The quantitative estimate of drug-likeness (QED) is 0.0767. The molecule has 0 amide bonds. The third kappa shape index (κ3) is 21.1. The fourth-order valence-corrected chi connectivity index (χ4v) is 5.79. The van der Waals surface area contributed by atoms with Crippen LogP contribution in [0.15, 0.2) is 29.2 Å². The second-order valence-corrected chi connectivity index (χ2v) is 11.9. The van der Waals surface area contributed by atoms with Crippen LogP contribution in [0.5, 0.6) is 0 Å². The molecule has 0 saturated carbocycles. The van der Waals surface area contributed by atoms with Crippen LogP contribution in [-0.2, 0) is 16.5 Å². The van der Waals surface area contributed by atoms with Crippen LogP contribution in [0.1, 0.15) is 160 Å². The molecule has 0 N–H and O–H groups in total. The number of hydrogen-bond donors (Lipinski definition) is 0. The third-order valence-electron chi connectivity index (χ3n) is 7.29. The Balaban J connectivity index is 0.0000122. The zero-order valence-corrected chi connectivity index (χ0v) is 26.7. The van der Waals surface area contributed by atoms with Gasteiger partial charge in [-0.3, -0.25) is 0 Å². The van der Waals surface area contributed by atoms with Crippen molar-refractivity contribution < 1.29 is 42.5 Å². The fourth-order valence-electron chi connectivity index (χ4n) is 5.06. The largest absolute Gasteiger partial charge is 1.00 e. The summed E-state index contributed by atoms with van der Waals surface area (Å²) in [4.78, 5) is -0.0428. The Morgan fingerprint density at radius 2 is 0.833 bits per heavy atom. The van der Waals surface area contributed by atoms with Crippen LogP contribution in [0.4, 0.5) is 0 Å². The van der Waals surface area contributed by atoms with Gasteiger partial charge in [0.25, 0.3) is 0 Å². The van der Waals surface area contributed by atoms with E-state index in [0.29, 0.717) is 12.0 Å². The smallest absolute Gasteiger partial charge is 0.744 e. The van der Waals surface area contributed by atoms with Gasteiger partial charge in [-0.1, -0.05) is 166 Å². The number of aryl methyl sites for hydroxylation is 1. The summed E-state index contributed by atoms with van der Waals surface area (Å²) in [5.41, 5.74) is 0.672. The first-order valence-corrected chi connectivity index (χ1v) is 16.5. The van der Waals surface area contributed by atoms with E-state index in [9.17, 15) is 13.0 Å². The van der Waals surface area contributed by atoms with Crippen molar-refractivity contribution in [2.75, 3.05) is 0 Å². The maximum atomic E-state index is 11.3. The van der Waals surface area contributed by atoms with E-state index in [2.05, 4.69) is 6.92 Å².